The summed E-state index contributed by atoms with van der Waals surface area (Å²) >= 11 is 0. The molecule has 1 aliphatic heterocycles. The summed E-state index contributed by atoms with van der Waals surface area (Å²) in [6, 6.07) is 7.77. The summed E-state index contributed by atoms with van der Waals surface area (Å²) in [7, 11) is 0. The van der Waals surface area contributed by atoms with Crippen molar-refractivity contribution in [2.24, 2.45) is 0 Å². The first-order chi connectivity index (χ1) is 8.22. The molecule has 1 amide bonds. The van der Waals surface area contributed by atoms with Crippen molar-refractivity contribution in [3.63, 3.8) is 0 Å². The van der Waals surface area contributed by atoms with E-state index >= 15 is 0 Å². The van der Waals surface area contributed by atoms with Gasteiger partial charge in [0.1, 0.15) is 5.82 Å². The van der Waals surface area contributed by atoms with Gasteiger partial charge in [-0.3, -0.25) is 4.79 Å². The van der Waals surface area contributed by atoms with E-state index in [0.29, 0.717) is 13.2 Å². The molecular formula is C12H11FN2O2. The van der Waals surface area contributed by atoms with Crippen LogP contribution in [0, 0.1) is 17.1 Å². The Morgan fingerprint density at radius 2 is 2.29 bits per heavy atom. The van der Waals surface area contributed by atoms with Crippen molar-refractivity contribution in [1.82, 2.24) is 4.90 Å². The quantitative estimate of drug-likeness (QED) is 0.733. The lowest BCUT2D eigenvalue weighted by Gasteiger charge is -2.29. The number of halogens is 1. The second kappa shape index (κ2) is 4.93. The van der Waals surface area contributed by atoms with Crippen molar-refractivity contribution in [2.45, 2.75) is 6.10 Å². The Morgan fingerprint density at radius 1 is 1.53 bits per heavy atom. The van der Waals surface area contributed by atoms with E-state index in [1.165, 1.54) is 23.1 Å². The molecule has 0 bridgehead atoms. The maximum atomic E-state index is 13.4. The van der Waals surface area contributed by atoms with E-state index in [2.05, 4.69) is 0 Å². The van der Waals surface area contributed by atoms with Gasteiger partial charge in [-0.25, -0.2) is 4.39 Å². The van der Waals surface area contributed by atoms with Crippen molar-refractivity contribution < 1.29 is 13.9 Å². The van der Waals surface area contributed by atoms with Crippen LogP contribution in [0.3, 0.4) is 0 Å². The van der Waals surface area contributed by atoms with Gasteiger partial charge in [0.15, 0.2) is 6.10 Å². The van der Waals surface area contributed by atoms with Crippen LogP contribution in [-0.2, 0) is 4.74 Å². The molecule has 0 aliphatic carbocycles. The van der Waals surface area contributed by atoms with E-state index in [1.54, 1.807) is 6.07 Å². The summed E-state index contributed by atoms with van der Waals surface area (Å²) in [6.45, 7) is 0.868. The molecule has 0 spiro atoms. The molecule has 1 heterocycles. The summed E-state index contributed by atoms with van der Waals surface area (Å²) < 4.78 is 18.6. The van der Waals surface area contributed by atoms with Crippen LogP contribution in [0.25, 0.3) is 0 Å². The second-order valence-corrected chi connectivity index (χ2v) is 3.72. The van der Waals surface area contributed by atoms with Gasteiger partial charge >= 0.3 is 0 Å². The third-order valence-electron chi connectivity index (χ3n) is 2.60. The third-order valence-corrected chi connectivity index (χ3v) is 2.60. The van der Waals surface area contributed by atoms with Gasteiger partial charge in [-0.1, -0.05) is 12.1 Å². The van der Waals surface area contributed by atoms with Crippen molar-refractivity contribution in [1.29, 1.82) is 5.26 Å². The molecule has 1 aliphatic rings. The standard InChI is InChI=1S/C12H11FN2O2/c13-11-4-2-1-3-10(11)12(16)15-5-6-17-9(7-14)8-15/h1-4,9H,5-6,8H2. The van der Waals surface area contributed by atoms with E-state index in [-0.39, 0.29) is 12.1 Å². The summed E-state index contributed by atoms with van der Waals surface area (Å²) in [5.41, 5.74) is 0.0334. The minimum Gasteiger partial charge on any atom is -0.360 e. The summed E-state index contributed by atoms with van der Waals surface area (Å²) in [5, 5.41) is 8.73. The fourth-order valence-electron chi connectivity index (χ4n) is 1.72. The summed E-state index contributed by atoms with van der Waals surface area (Å²) in [5.74, 6) is -0.941. The number of amides is 1. The molecule has 2 rings (SSSR count). The first-order valence-electron chi connectivity index (χ1n) is 5.27. The van der Waals surface area contributed by atoms with Gasteiger partial charge in [-0.15, -0.1) is 0 Å². The maximum absolute atomic E-state index is 13.4. The van der Waals surface area contributed by atoms with Crippen LogP contribution in [0.4, 0.5) is 4.39 Å². The topological polar surface area (TPSA) is 53.3 Å². The molecule has 1 unspecified atom stereocenters. The lowest BCUT2D eigenvalue weighted by Crippen LogP contribution is -2.45. The molecule has 0 aromatic heterocycles. The van der Waals surface area contributed by atoms with E-state index in [9.17, 15) is 9.18 Å². The smallest absolute Gasteiger partial charge is 0.257 e. The zero-order valence-electron chi connectivity index (χ0n) is 9.10. The van der Waals surface area contributed by atoms with Gasteiger partial charge < -0.3 is 9.64 Å². The van der Waals surface area contributed by atoms with Gasteiger partial charge in [-0.2, -0.15) is 5.26 Å². The third kappa shape index (κ3) is 2.43. The number of rotatable bonds is 1. The highest BCUT2D eigenvalue weighted by Gasteiger charge is 2.26. The fraction of sp³-hybridized carbons (Fsp3) is 0.333. The predicted molar refractivity (Wildman–Crippen MR) is 57.7 cm³/mol. The molecule has 0 saturated carbocycles. The summed E-state index contributed by atoms with van der Waals surface area (Å²) in [4.78, 5) is 13.4. The van der Waals surface area contributed by atoms with Gasteiger partial charge in [0.25, 0.3) is 5.91 Å². The highest BCUT2D eigenvalue weighted by atomic mass is 19.1. The van der Waals surface area contributed by atoms with Gasteiger partial charge in [0.2, 0.25) is 0 Å². The average molecular weight is 234 g/mol. The first kappa shape index (κ1) is 11.6. The van der Waals surface area contributed by atoms with Crippen molar-refractivity contribution in [3.05, 3.63) is 35.6 Å². The molecule has 5 heteroatoms. The Bertz CT molecular complexity index is 470. The Labute approximate surface area is 98.2 Å². The highest BCUT2D eigenvalue weighted by molar-refractivity contribution is 5.94. The van der Waals surface area contributed by atoms with Gasteiger partial charge in [-0.05, 0) is 12.1 Å². The van der Waals surface area contributed by atoms with Crippen LogP contribution in [0.5, 0.6) is 0 Å². The average Bonchev–Trinajstić information content (AvgIpc) is 2.38. The largest absolute Gasteiger partial charge is 0.360 e. The lowest BCUT2D eigenvalue weighted by atomic mass is 10.1. The Morgan fingerprint density at radius 3 is 3.00 bits per heavy atom. The number of hydrogen-bond donors (Lipinski definition) is 0. The molecule has 1 aromatic rings. The Kier molecular flexibility index (Phi) is 3.35. The minimum absolute atomic E-state index is 0.0334. The number of benzene rings is 1. The number of nitrogens with zero attached hydrogens (tertiary/aromatic N) is 2. The van der Waals surface area contributed by atoms with Gasteiger partial charge in [0, 0.05) is 6.54 Å². The number of nitriles is 1. The van der Waals surface area contributed by atoms with Crippen molar-refractivity contribution in [3.8, 4) is 6.07 Å². The molecule has 0 radical (unpaired) electrons. The lowest BCUT2D eigenvalue weighted by molar-refractivity contribution is 0.00326. The van der Waals surface area contributed by atoms with Crippen LogP contribution in [0.15, 0.2) is 24.3 Å². The minimum atomic E-state index is -0.625. The first-order valence-corrected chi connectivity index (χ1v) is 5.27. The monoisotopic (exact) mass is 234 g/mol. The number of ether oxygens (including phenoxy) is 1. The second-order valence-electron chi connectivity index (χ2n) is 3.72. The Hall–Kier alpha value is -1.93. The predicted octanol–water partition coefficient (Wildman–Crippen LogP) is 1.19. The molecule has 4 nitrogen and oxygen atoms in total. The van der Waals surface area contributed by atoms with E-state index in [0.717, 1.165) is 0 Å². The molecule has 1 atom stereocenters. The molecule has 1 saturated heterocycles. The Balaban J connectivity index is 2.16. The highest BCUT2D eigenvalue weighted by Crippen LogP contribution is 2.13. The van der Waals surface area contributed by atoms with E-state index in [4.69, 9.17) is 10.00 Å². The number of carbonyl (C=O) groups is 1. The van der Waals surface area contributed by atoms with Crippen molar-refractivity contribution >= 4 is 5.91 Å². The van der Waals surface area contributed by atoms with E-state index in [1.807, 2.05) is 6.07 Å². The van der Waals surface area contributed by atoms with Crippen LogP contribution in [-0.4, -0.2) is 36.6 Å². The maximum Gasteiger partial charge on any atom is 0.257 e. The van der Waals surface area contributed by atoms with Crippen molar-refractivity contribution in [2.75, 3.05) is 19.7 Å². The molecule has 0 N–H and O–H groups in total. The van der Waals surface area contributed by atoms with Crippen LogP contribution in [0.2, 0.25) is 0 Å². The SMILES string of the molecule is N#CC1CN(C(=O)c2ccccc2F)CCO1. The molecule has 88 valence electrons. The number of hydrogen-bond acceptors (Lipinski definition) is 3. The number of morpholine rings is 1. The van der Waals surface area contributed by atoms with Crippen LogP contribution >= 0.6 is 0 Å². The summed E-state index contributed by atoms with van der Waals surface area (Å²) in [6.07, 6.45) is -0.625. The number of carbonyl (C=O) groups excluding carboxylic acids is 1. The van der Waals surface area contributed by atoms with Crippen LogP contribution in [0.1, 0.15) is 10.4 Å². The zero-order chi connectivity index (χ0) is 12.3. The fourth-order valence-corrected chi connectivity index (χ4v) is 1.72. The van der Waals surface area contributed by atoms with Crippen LogP contribution < -0.4 is 0 Å². The molecular weight excluding hydrogens is 223 g/mol. The zero-order valence-corrected chi connectivity index (χ0v) is 9.10. The van der Waals surface area contributed by atoms with Gasteiger partial charge in [0.05, 0.1) is 24.8 Å². The molecule has 17 heavy (non-hydrogen) atoms. The van der Waals surface area contributed by atoms with E-state index < -0.39 is 17.8 Å². The molecule has 1 fully saturated rings. The normalized spacial score (nSPS) is 19.8. The molecule has 1 aromatic carbocycles.